The molecule has 2 aromatic heterocycles. The largest absolute Gasteiger partial charge is 0.326 e. The quantitative estimate of drug-likeness (QED) is 0.772. The first-order valence-corrected chi connectivity index (χ1v) is 7.50. The monoisotopic (exact) mass is 361 g/mol. The average Bonchev–Trinajstić information content (AvgIpc) is 2.84. The molecule has 3 rings (SSSR count). The van der Waals surface area contributed by atoms with Crippen molar-refractivity contribution in [3.8, 4) is 0 Å². The van der Waals surface area contributed by atoms with Gasteiger partial charge in [0, 0.05) is 22.6 Å². The zero-order chi connectivity index (χ0) is 15.7. The van der Waals surface area contributed by atoms with Crippen LogP contribution in [0.1, 0.15) is 11.3 Å². The molecule has 0 aliphatic carbocycles. The van der Waals surface area contributed by atoms with E-state index in [9.17, 15) is 9.18 Å². The van der Waals surface area contributed by atoms with Crippen LogP contribution in [-0.2, 0) is 11.2 Å². The van der Waals surface area contributed by atoms with Gasteiger partial charge in [0.25, 0.3) is 0 Å². The van der Waals surface area contributed by atoms with Crippen molar-refractivity contribution < 1.29 is 9.18 Å². The first-order chi connectivity index (χ1) is 10.5. The van der Waals surface area contributed by atoms with Gasteiger partial charge in [-0.2, -0.15) is 0 Å². The number of pyridine rings is 1. The number of aryl methyl sites for hydroxylation is 1. The molecule has 3 aromatic rings. The number of benzene rings is 1. The molecule has 0 aliphatic rings. The van der Waals surface area contributed by atoms with Crippen molar-refractivity contribution in [1.29, 1.82) is 0 Å². The number of hydrogen-bond donors (Lipinski definition) is 1. The maximum absolute atomic E-state index is 13.1. The predicted molar refractivity (Wildman–Crippen MR) is 86.4 cm³/mol. The summed E-state index contributed by atoms with van der Waals surface area (Å²) in [5, 5.41) is 2.83. The van der Waals surface area contributed by atoms with Crippen LogP contribution in [0, 0.1) is 12.7 Å². The fourth-order valence-electron chi connectivity index (χ4n) is 2.19. The SMILES string of the molecule is Cc1cc(NC(=O)Cc2cn3cc(F)ccc3n2)ccc1Br. The Kier molecular flexibility index (Phi) is 3.94. The van der Waals surface area contributed by atoms with Crippen LogP contribution in [0.5, 0.6) is 0 Å². The number of anilines is 1. The third-order valence-electron chi connectivity index (χ3n) is 3.25. The van der Waals surface area contributed by atoms with E-state index in [1.807, 2.05) is 25.1 Å². The minimum atomic E-state index is -0.341. The number of halogens is 2. The molecule has 1 aromatic carbocycles. The molecule has 0 spiro atoms. The average molecular weight is 362 g/mol. The van der Waals surface area contributed by atoms with Gasteiger partial charge in [-0.15, -0.1) is 0 Å². The van der Waals surface area contributed by atoms with Crippen molar-refractivity contribution in [1.82, 2.24) is 9.38 Å². The van der Waals surface area contributed by atoms with Crippen LogP contribution in [0.2, 0.25) is 0 Å². The summed E-state index contributed by atoms with van der Waals surface area (Å²) < 4.78 is 15.7. The van der Waals surface area contributed by atoms with Crippen molar-refractivity contribution in [2.45, 2.75) is 13.3 Å². The van der Waals surface area contributed by atoms with Crippen LogP contribution in [0.15, 0.2) is 47.2 Å². The number of nitrogens with zero attached hydrogens (tertiary/aromatic N) is 2. The molecular formula is C16H13BrFN3O. The number of amides is 1. The van der Waals surface area contributed by atoms with Crippen LogP contribution in [0.4, 0.5) is 10.1 Å². The number of hydrogen-bond acceptors (Lipinski definition) is 2. The molecule has 0 aliphatic heterocycles. The Bertz CT molecular complexity index is 860. The normalized spacial score (nSPS) is 10.9. The van der Waals surface area contributed by atoms with Gasteiger partial charge in [0.1, 0.15) is 11.5 Å². The van der Waals surface area contributed by atoms with Crippen LogP contribution >= 0.6 is 15.9 Å². The van der Waals surface area contributed by atoms with Crippen LogP contribution < -0.4 is 5.32 Å². The molecule has 0 bridgehead atoms. The van der Waals surface area contributed by atoms with Crippen molar-refractivity contribution in [2.24, 2.45) is 0 Å². The first kappa shape index (κ1) is 14.7. The molecule has 6 heteroatoms. The highest BCUT2D eigenvalue weighted by atomic mass is 79.9. The Morgan fingerprint density at radius 1 is 1.32 bits per heavy atom. The fraction of sp³-hybridized carbons (Fsp3) is 0.125. The van der Waals surface area contributed by atoms with Gasteiger partial charge in [-0.25, -0.2) is 9.37 Å². The number of aromatic nitrogens is 2. The summed E-state index contributed by atoms with van der Waals surface area (Å²) in [5.41, 5.74) is 2.99. The van der Waals surface area contributed by atoms with Gasteiger partial charge >= 0.3 is 0 Å². The fourth-order valence-corrected chi connectivity index (χ4v) is 2.44. The summed E-state index contributed by atoms with van der Waals surface area (Å²) in [5.74, 6) is -0.503. The Labute approximate surface area is 135 Å². The van der Waals surface area contributed by atoms with Crippen molar-refractivity contribution in [3.05, 3.63) is 64.3 Å². The van der Waals surface area contributed by atoms with Crippen LogP contribution in [0.25, 0.3) is 5.65 Å². The highest BCUT2D eigenvalue weighted by molar-refractivity contribution is 9.10. The molecule has 112 valence electrons. The number of rotatable bonds is 3. The minimum absolute atomic E-state index is 0.137. The molecular weight excluding hydrogens is 349 g/mol. The maximum atomic E-state index is 13.1. The topological polar surface area (TPSA) is 46.4 Å². The van der Waals surface area contributed by atoms with Gasteiger partial charge in [0.2, 0.25) is 5.91 Å². The van der Waals surface area contributed by atoms with E-state index in [2.05, 4.69) is 26.2 Å². The highest BCUT2D eigenvalue weighted by Crippen LogP contribution is 2.20. The third kappa shape index (κ3) is 3.17. The molecule has 4 nitrogen and oxygen atoms in total. The summed E-state index contributed by atoms with van der Waals surface area (Å²) in [7, 11) is 0. The van der Waals surface area contributed by atoms with Crippen LogP contribution in [0.3, 0.4) is 0 Å². The minimum Gasteiger partial charge on any atom is -0.326 e. The van der Waals surface area contributed by atoms with E-state index in [1.165, 1.54) is 12.3 Å². The van der Waals surface area contributed by atoms with Gasteiger partial charge in [-0.3, -0.25) is 4.79 Å². The second-order valence-corrected chi connectivity index (χ2v) is 5.89. The molecule has 0 fully saturated rings. The highest BCUT2D eigenvalue weighted by Gasteiger charge is 2.09. The van der Waals surface area contributed by atoms with Gasteiger partial charge in [0.05, 0.1) is 12.1 Å². The lowest BCUT2D eigenvalue weighted by atomic mass is 10.2. The zero-order valence-electron chi connectivity index (χ0n) is 11.8. The van der Waals surface area contributed by atoms with E-state index in [0.717, 1.165) is 15.7 Å². The maximum Gasteiger partial charge on any atom is 0.230 e. The summed E-state index contributed by atoms with van der Waals surface area (Å²) in [4.78, 5) is 16.4. The van der Waals surface area contributed by atoms with E-state index in [-0.39, 0.29) is 18.1 Å². The molecule has 0 saturated heterocycles. The van der Waals surface area contributed by atoms with E-state index < -0.39 is 0 Å². The van der Waals surface area contributed by atoms with Crippen molar-refractivity contribution >= 4 is 33.2 Å². The Hall–Kier alpha value is -2.21. The second-order valence-electron chi connectivity index (χ2n) is 5.03. The number of carbonyl (C=O) groups excluding carboxylic acids is 1. The zero-order valence-corrected chi connectivity index (χ0v) is 13.4. The lowest BCUT2D eigenvalue weighted by molar-refractivity contribution is -0.115. The second kappa shape index (κ2) is 5.88. The summed E-state index contributed by atoms with van der Waals surface area (Å²) in [6.45, 7) is 1.95. The van der Waals surface area contributed by atoms with Crippen molar-refractivity contribution in [2.75, 3.05) is 5.32 Å². The molecule has 2 heterocycles. The molecule has 0 unspecified atom stereocenters. The van der Waals surface area contributed by atoms with E-state index in [1.54, 1.807) is 16.7 Å². The van der Waals surface area contributed by atoms with Gasteiger partial charge < -0.3 is 9.72 Å². The standard InChI is InChI=1S/C16H13BrFN3O/c1-10-6-12(3-4-14(10)17)20-16(22)7-13-9-21-8-11(18)2-5-15(21)19-13/h2-6,8-9H,7H2,1H3,(H,20,22). The van der Waals surface area contributed by atoms with E-state index in [0.29, 0.717) is 11.3 Å². The van der Waals surface area contributed by atoms with E-state index in [4.69, 9.17) is 0 Å². The van der Waals surface area contributed by atoms with E-state index >= 15 is 0 Å². The molecule has 0 atom stereocenters. The molecule has 1 N–H and O–H groups in total. The number of imidazole rings is 1. The molecule has 0 saturated carbocycles. The number of carbonyl (C=O) groups is 1. The smallest absolute Gasteiger partial charge is 0.230 e. The molecule has 22 heavy (non-hydrogen) atoms. The predicted octanol–water partition coefficient (Wildman–Crippen LogP) is 3.73. The first-order valence-electron chi connectivity index (χ1n) is 6.70. The van der Waals surface area contributed by atoms with Gasteiger partial charge in [0.15, 0.2) is 0 Å². The summed E-state index contributed by atoms with van der Waals surface area (Å²) in [6.07, 6.45) is 3.13. The number of fused-ring (bicyclic) bond motifs is 1. The summed E-state index contributed by atoms with van der Waals surface area (Å²) >= 11 is 3.42. The Balaban J connectivity index is 1.73. The van der Waals surface area contributed by atoms with Crippen LogP contribution in [-0.4, -0.2) is 15.3 Å². The lowest BCUT2D eigenvalue weighted by Crippen LogP contribution is -2.14. The van der Waals surface area contributed by atoms with Crippen molar-refractivity contribution in [3.63, 3.8) is 0 Å². The molecule has 0 radical (unpaired) electrons. The Morgan fingerprint density at radius 2 is 2.14 bits per heavy atom. The third-order valence-corrected chi connectivity index (χ3v) is 4.14. The molecule has 1 amide bonds. The van der Waals surface area contributed by atoms with Gasteiger partial charge in [-0.1, -0.05) is 15.9 Å². The van der Waals surface area contributed by atoms with Gasteiger partial charge in [-0.05, 0) is 42.8 Å². The summed E-state index contributed by atoms with van der Waals surface area (Å²) in [6, 6.07) is 8.53. The Morgan fingerprint density at radius 3 is 2.91 bits per heavy atom. The number of nitrogens with one attached hydrogen (secondary N) is 1. The lowest BCUT2D eigenvalue weighted by Gasteiger charge is -2.06.